The molecule has 0 saturated carbocycles. The number of amides is 1. The van der Waals surface area contributed by atoms with Crippen molar-refractivity contribution < 1.29 is 9.53 Å². The van der Waals surface area contributed by atoms with E-state index in [1.807, 2.05) is 42.6 Å². The van der Waals surface area contributed by atoms with Crippen molar-refractivity contribution >= 4 is 11.6 Å². The molecular formula is C24H25N3O2. The highest BCUT2D eigenvalue weighted by atomic mass is 16.5. The van der Waals surface area contributed by atoms with Crippen LogP contribution in [0.5, 0.6) is 5.75 Å². The number of fused-ring (bicyclic) bond motifs is 1. The van der Waals surface area contributed by atoms with Crippen molar-refractivity contribution in [2.45, 2.75) is 25.9 Å². The number of hydrogen-bond donors (Lipinski definition) is 1. The maximum absolute atomic E-state index is 12.4. The van der Waals surface area contributed by atoms with Gasteiger partial charge in [-0.2, -0.15) is 0 Å². The Morgan fingerprint density at radius 1 is 1.03 bits per heavy atom. The van der Waals surface area contributed by atoms with Crippen LogP contribution in [0.4, 0.5) is 5.69 Å². The highest BCUT2D eigenvalue weighted by Crippen LogP contribution is 2.26. The zero-order valence-electron chi connectivity index (χ0n) is 16.4. The van der Waals surface area contributed by atoms with Gasteiger partial charge in [0, 0.05) is 25.8 Å². The second kappa shape index (κ2) is 9.34. The molecule has 4 rings (SSSR count). The normalized spacial score (nSPS) is 13.5. The summed E-state index contributed by atoms with van der Waals surface area (Å²) in [5.41, 5.74) is 4.52. The molecule has 2 heterocycles. The molecule has 29 heavy (non-hydrogen) atoms. The molecule has 0 spiro atoms. The molecule has 3 aromatic rings. The van der Waals surface area contributed by atoms with Gasteiger partial charge in [-0.1, -0.05) is 48.5 Å². The highest BCUT2D eigenvalue weighted by molar-refractivity contribution is 5.91. The Morgan fingerprint density at radius 3 is 2.59 bits per heavy atom. The van der Waals surface area contributed by atoms with Gasteiger partial charge in [-0.3, -0.25) is 14.7 Å². The summed E-state index contributed by atoms with van der Waals surface area (Å²) in [4.78, 5) is 19.1. The molecule has 0 radical (unpaired) electrons. The number of ether oxygens (including phenoxy) is 1. The van der Waals surface area contributed by atoms with Crippen LogP contribution < -0.4 is 10.1 Å². The summed E-state index contributed by atoms with van der Waals surface area (Å²) in [6, 6.07) is 20.0. The number of anilines is 1. The van der Waals surface area contributed by atoms with Gasteiger partial charge in [0.2, 0.25) is 5.91 Å². The van der Waals surface area contributed by atoms with Crippen LogP contribution in [0.25, 0.3) is 0 Å². The first-order valence-electron chi connectivity index (χ1n) is 9.97. The van der Waals surface area contributed by atoms with E-state index in [2.05, 4.69) is 39.5 Å². The predicted molar refractivity (Wildman–Crippen MR) is 114 cm³/mol. The Labute approximate surface area is 171 Å². The summed E-state index contributed by atoms with van der Waals surface area (Å²) in [7, 11) is 0. The van der Waals surface area contributed by atoms with E-state index >= 15 is 0 Å². The van der Waals surface area contributed by atoms with Gasteiger partial charge < -0.3 is 10.1 Å². The fourth-order valence-electron chi connectivity index (χ4n) is 3.63. The Kier molecular flexibility index (Phi) is 6.17. The van der Waals surface area contributed by atoms with Crippen LogP contribution in [0, 0.1) is 0 Å². The fourth-order valence-corrected chi connectivity index (χ4v) is 3.63. The number of carbonyl (C=O) groups excluding carboxylic acids is 1. The molecule has 148 valence electrons. The maximum atomic E-state index is 12.4. The predicted octanol–water partition coefficient (Wildman–Crippen LogP) is 4.05. The lowest BCUT2D eigenvalue weighted by molar-refractivity contribution is -0.116. The van der Waals surface area contributed by atoms with Gasteiger partial charge in [0.15, 0.2) is 0 Å². The second-order valence-corrected chi connectivity index (χ2v) is 7.23. The highest BCUT2D eigenvalue weighted by Gasteiger charge is 2.20. The van der Waals surface area contributed by atoms with Gasteiger partial charge in [0.05, 0.1) is 24.9 Å². The number of pyridine rings is 1. The van der Waals surface area contributed by atoms with E-state index in [4.69, 9.17) is 4.74 Å². The number of hydrogen-bond acceptors (Lipinski definition) is 4. The fraction of sp³-hybridized carbons (Fsp3) is 0.250. The van der Waals surface area contributed by atoms with Gasteiger partial charge in [0.1, 0.15) is 5.75 Å². The zero-order valence-corrected chi connectivity index (χ0v) is 16.4. The maximum Gasteiger partial charge on any atom is 0.227 e. The number of rotatable bonds is 7. The SMILES string of the molecule is O=C(CCOc1ccccc1)Nc1cncc2c1CCN(Cc1ccccc1)C2. The molecule has 1 N–H and O–H groups in total. The van der Waals surface area contributed by atoms with Crippen molar-refractivity contribution in [3.05, 3.63) is 89.7 Å². The van der Waals surface area contributed by atoms with Crippen molar-refractivity contribution in [3.63, 3.8) is 0 Å². The van der Waals surface area contributed by atoms with Crippen LogP contribution in [0.2, 0.25) is 0 Å². The quantitative estimate of drug-likeness (QED) is 0.665. The van der Waals surface area contributed by atoms with E-state index in [9.17, 15) is 4.79 Å². The first-order chi connectivity index (χ1) is 14.3. The van der Waals surface area contributed by atoms with Crippen LogP contribution in [0.3, 0.4) is 0 Å². The van der Waals surface area contributed by atoms with Crippen LogP contribution in [-0.4, -0.2) is 28.9 Å². The molecule has 2 aromatic carbocycles. The molecule has 1 aromatic heterocycles. The Bertz CT molecular complexity index is 945. The number of carbonyl (C=O) groups is 1. The van der Waals surface area contributed by atoms with Crippen LogP contribution in [0.1, 0.15) is 23.1 Å². The minimum absolute atomic E-state index is 0.0529. The molecule has 0 fully saturated rings. The van der Waals surface area contributed by atoms with Gasteiger partial charge in [0.25, 0.3) is 0 Å². The molecule has 1 amide bonds. The van der Waals surface area contributed by atoms with E-state index in [1.54, 1.807) is 6.20 Å². The van der Waals surface area contributed by atoms with Crippen molar-refractivity contribution in [3.8, 4) is 5.75 Å². The number of benzene rings is 2. The average molecular weight is 387 g/mol. The molecule has 0 bridgehead atoms. The van der Waals surface area contributed by atoms with Crippen molar-refractivity contribution in [2.75, 3.05) is 18.5 Å². The van der Waals surface area contributed by atoms with E-state index in [1.165, 1.54) is 16.7 Å². The van der Waals surface area contributed by atoms with Crippen molar-refractivity contribution in [1.29, 1.82) is 0 Å². The average Bonchev–Trinajstić information content (AvgIpc) is 2.75. The summed E-state index contributed by atoms with van der Waals surface area (Å²) in [5.74, 6) is 0.723. The topological polar surface area (TPSA) is 54.5 Å². The standard InChI is InChI=1S/C24H25N3O2/c28-24(12-14-29-21-9-5-2-6-10-21)26-23-16-25-15-20-18-27(13-11-22(20)23)17-19-7-3-1-4-8-19/h1-10,15-16H,11-14,17-18H2,(H,26,28). The molecule has 0 saturated heterocycles. The van der Waals surface area contributed by atoms with Crippen LogP contribution in [-0.2, 0) is 24.3 Å². The smallest absolute Gasteiger partial charge is 0.227 e. The third kappa shape index (κ3) is 5.21. The Morgan fingerprint density at radius 2 is 1.79 bits per heavy atom. The molecule has 0 aliphatic carbocycles. The van der Waals surface area contributed by atoms with Crippen molar-refractivity contribution in [1.82, 2.24) is 9.88 Å². The molecule has 1 aliphatic heterocycles. The van der Waals surface area contributed by atoms with Gasteiger partial charge in [-0.25, -0.2) is 0 Å². The van der Waals surface area contributed by atoms with Crippen LogP contribution in [0.15, 0.2) is 73.1 Å². The third-order valence-corrected chi connectivity index (χ3v) is 5.08. The van der Waals surface area contributed by atoms with Crippen LogP contribution >= 0.6 is 0 Å². The molecule has 0 atom stereocenters. The third-order valence-electron chi connectivity index (χ3n) is 5.08. The number of aromatic nitrogens is 1. The first kappa shape index (κ1) is 19.2. The Hall–Kier alpha value is -3.18. The zero-order chi connectivity index (χ0) is 19.9. The number of para-hydroxylation sites is 1. The summed E-state index contributed by atoms with van der Waals surface area (Å²) < 4.78 is 5.61. The van der Waals surface area contributed by atoms with Crippen molar-refractivity contribution in [2.24, 2.45) is 0 Å². The monoisotopic (exact) mass is 387 g/mol. The van der Waals surface area contributed by atoms with E-state index in [0.717, 1.165) is 37.5 Å². The number of nitrogens with zero attached hydrogens (tertiary/aromatic N) is 2. The molecule has 0 unspecified atom stereocenters. The summed E-state index contributed by atoms with van der Waals surface area (Å²) in [6.07, 6.45) is 4.88. The molecule has 5 heteroatoms. The lowest BCUT2D eigenvalue weighted by Crippen LogP contribution is -2.31. The molecular weight excluding hydrogens is 362 g/mol. The summed E-state index contributed by atoms with van der Waals surface area (Å²) in [6.45, 7) is 3.08. The lowest BCUT2D eigenvalue weighted by atomic mass is 9.99. The molecule has 1 aliphatic rings. The van der Waals surface area contributed by atoms with Gasteiger partial charge in [-0.05, 0) is 35.2 Å². The summed E-state index contributed by atoms with van der Waals surface area (Å²) >= 11 is 0. The van der Waals surface area contributed by atoms with E-state index in [-0.39, 0.29) is 5.91 Å². The van der Waals surface area contributed by atoms with E-state index < -0.39 is 0 Å². The summed E-state index contributed by atoms with van der Waals surface area (Å²) in [5, 5.41) is 3.02. The first-order valence-corrected chi connectivity index (χ1v) is 9.97. The lowest BCUT2D eigenvalue weighted by Gasteiger charge is -2.29. The van der Waals surface area contributed by atoms with Gasteiger partial charge in [-0.15, -0.1) is 0 Å². The largest absolute Gasteiger partial charge is 0.493 e. The Balaban J connectivity index is 1.33. The number of nitrogens with one attached hydrogen (secondary N) is 1. The van der Waals surface area contributed by atoms with E-state index in [0.29, 0.717) is 13.0 Å². The van der Waals surface area contributed by atoms with Gasteiger partial charge >= 0.3 is 0 Å². The minimum Gasteiger partial charge on any atom is -0.493 e. The second-order valence-electron chi connectivity index (χ2n) is 7.23. The molecule has 5 nitrogen and oxygen atoms in total. The minimum atomic E-state index is -0.0529.